The lowest BCUT2D eigenvalue weighted by atomic mass is 10.3. The van der Waals surface area contributed by atoms with Gasteiger partial charge in [-0.15, -0.1) is 0 Å². The molecule has 0 bridgehead atoms. The van der Waals surface area contributed by atoms with Gasteiger partial charge < -0.3 is 9.32 Å². The van der Waals surface area contributed by atoms with E-state index in [4.69, 9.17) is 4.42 Å². The van der Waals surface area contributed by atoms with Crippen molar-refractivity contribution in [2.75, 3.05) is 31.1 Å². The predicted octanol–water partition coefficient (Wildman–Crippen LogP) is 1.90. The second-order valence-electron chi connectivity index (χ2n) is 4.97. The number of aromatic nitrogens is 1. The van der Waals surface area contributed by atoms with Crippen LogP contribution in [-0.4, -0.2) is 41.0 Å². The summed E-state index contributed by atoms with van der Waals surface area (Å²) in [4.78, 5) is 18.8. The number of piperazine rings is 1. The van der Waals surface area contributed by atoms with E-state index < -0.39 is 4.92 Å². The lowest BCUT2D eigenvalue weighted by molar-refractivity contribution is -0.385. The molecule has 0 N–H and O–H groups in total. The molecule has 0 atom stereocenters. The smallest absolute Gasteiger partial charge is 0.287 e. The highest BCUT2D eigenvalue weighted by atomic mass is 16.6. The van der Waals surface area contributed by atoms with Gasteiger partial charge in [-0.25, -0.2) is 4.98 Å². The molecule has 0 saturated carbocycles. The van der Waals surface area contributed by atoms with E-state index in [9.17, 15) is 10.1 Å². The topological polar surface area (TPSA) is 75.7 Å². The standard InChI is InChI=1S/C14H16N4O3/c19-18(20)12-3-4-14(15-10-12)17-7-5-16(6-8-17)11-13-2-1-9-21-13/h1-4,9-10H,5-8,11H2. The third-order valence-electron chi connectivity index (χ3n) is 3.60. The Balaban J connectivity index is 1.56. The summed E-state index contributed by atoms with van der Waals surface area (Å²) < 4.78 is 5.35. The van der Waals surface area contributed by atoms with Crippen molar-refractivity contribution in [1.82, 2.24) is 9.88 Å². The van der Waals surface area contributed by atoms with E-state index in [1.165, 1.54) is 12.3 Å². The lowest BCUT2D eigenvalue weighted by Crippen LogP contribution is -2.46. The molecule has 2 aromatic rings. The van der Waals surface area contributed by atoms with Crippen LogP contribution in [0.5, 0.6) is 0 Å². The van der Waals surface area contributed by atoms with Crippen LogP contribution in [0.4, 0.5) is 11.5 Å². The van der Waals surface area contributed by atoms with Crippen LogP contribution in [-0.2, 0) is 6.54 Å². The summed E-state index contributed by atoms with van der Waals surface area (Å²) in [6.45, 7) is 4.35. The van der Waals surface area contributed by atoms with Gasteiger partial charge in [-0.3, -0.25) is 15.0 Å². The normalized spacial score (nSPS) is 16.1. The van der Waals surface area contributed by atoms with E-state index in [1.807, 2.05) is 12.1 Å². The summed E-state index contributed by atoms with van der Waals surface area (Å²) in [6.07, 6.45) is 3.00. The molecule has 1 fully saturated rings. The third kappa shape index (κ3) is 3.19. The molecule has 7 heteroatoms. The Bertz CT molecular complexity index is 589. The van der Waals surface area contributed by atoms with Gasteiger partial charge in [-0.2, -0.15) is 0 Å². The molecule has 21 heavy (non-hydrogen) atoms. The van der Waals surface area contributed by atoms with Crippen LogP contribution in [0.25, 0.3) is 0 Å². The number of nitrogens with zero attached hydrogens (tertiary/aromatic N) is 4. The van der Waals surface area contributed by atoms with Crippen LogP contribution < -0.4 is 4.90 Å². The van der Waals surface area contributed by atoms with E-state index in [2.05, 4.69) is 14.8 Å². The molecule has 1 aliphatic rings. The van der Waals surface area contributed by atoms with Crippen LogP contribution in [0, 0.1) is 10.1 Å². The van der Waals surface area contributed by atoms with E-state index in [0.29, 0.717) is 0 Å². The third-order valence-corrected chi connectivity index (χ3v) is 3.60. The first kappa shape index (κ1) is 13.6. The molecule has 0 aliphatic carbocycles. The molecule has 1 saturated heterocycles. The van der Waals surface area contributed by atoms with Crippen molar-refractivity contribution < 1.29 is 9.34 Å². The molecule has 0 amide bonds. The fraction of sp³-hybridized carbons (Fsp3) is 0.357. The van der Waals surface area contributed by atoms with Gasteiger partial charge in [0.2, 0.25) is 0 Å². The van der Waals surface area contributed by atoms with Gasteiger partial charge in [-0.1, -0.05) is 0 Å². The van der Waals surface area contributed by atoms with Crippen molar-refractivity contribution >= 4 is 11.5 Å². The number of hydrogen-bond donors (Lipinski definition) is 0. The van der Waals surface area contributed by atoms with Crippen molar-refractivity contribution in [3.8, 4) is 0 Å². The quantitative estimate of drug-likeness (QED) is 0.632. The highest BCUT2D eigenvalue weighted by Crippen LogP contribution is 2.18. The molecule has 3 rings (SSSR count). The number of pyridine rings is 1. The summed E-state index contributed by atoms with van der Waals surface area (Å²) in [5, 5.41) is 10.6. The van der Waals surface area contributed by atoms with Crippen molar-refractivity contribution in [3.05, 3.63) is 52.6 Å². The maximum Gasteiger partial charge on any atom is 0.287 e. The highest BCUT2D eigenvalue weighted by Gasteiger charge is 2.19. The van der Waals surface area contributed by atoms with E-state index in [-0.39, 0.29) is 5.69 Å². The van der Waals surface area contributed by atoms with Gasteiger partial charge in [0, 0.05) is 32.2 Å². The number of rotatable bonds is 4. The fourth-order valence-corrected chi connectivity index (χ4v) is 2.43. The van der Waals surface area contributed by atoms with Crippen LogP contribution in [0.3, 0.4) is 0 Å². The van der Waals surface area contributed by atoms with Gasteiger partial charge in [0.15, 0.2) is 0 Å². The second-order valence-corrected chi connectivity index (χ2v) is 4.97. The SMILES string of the molecule is O=[N+]([O-])c1ccc(N2CCN(Cc3ccco3)CC2)nc1. The number of furan rings is 1. The van der Waals surface area contributed by atoms with Gasteiger partial charge in [-0.05, 0) is 18.2 Å². The molecule has 0 radical (unpaired) electrons. The van der Waals surface area contributed by atoms with E-state index in [0.717, 1.165) is 44.3 Å². The summed E-state index contributed by atoms with van der Waals surface area (Å²) in [5.41, 5.74) is 0.0233. The first-order valence-corrected chi connectivity index (χ1v) is 6.82. The van der Waals surface area contributed by atoms with Crippen LogP contribution in [0.2, 0.25) is 0 Å². The summed E-state index contributed by atoms with van der Waals surface area (Å²) >= 11 is 0. The Hall–Kier alpha value is -2.41. The average molecular weight is 288 g/mol. The fourth-order valence-electron chi connectivity index (χ4n) is 2.43. The van der Waals surface area contributed by atoms with Gasteiger partial charge in [0.1, 0.15) is 17.8 Å². The van der Waals surface area contributed by atoms with Crippen LogP contribution in [0.15, 0.2) is 41.1 Å². The highest BCUT2D eigenvalue weighted by molar-refractivity contribution is 5.43. The first-order valence-electron chi connectivity index (χ1n) is 6.82. The maximum atomic E-state index is 10.6. The van der Waals surface area contributed by atoms with Crippen molar-refractivity contribution in [1.29, 1.82) is 0 Å². The average Bonchev–Trinajstić information content (AvgIpc) is 3.01. The monoisotopic (exact) mass is 288 g/mol. The molecule has 1 aliphatic heterocycles. The van der Waals surface area contributed by atoms with Crippen molar-refractivity contribution in [3.63, 3.8) is 0 Å². The zero-order chi connectivity index (χ0) is 14.7. The Morgan fingerprint density at radius 3 is 2.62 bits per heavy atom. The van der Waals surface area contributed by atoms with Crippen LogP contribution >= 0.6 is 0 Å². The maximum absolute atomic E-state index is 10.6. The molecule has 0 spiro atoms. The predicted molar refractivity (Wildman–Crippen MR) is 77.1 cm³/mol. The Morgan fingerprint density at radius 2 is 2.05 bits per heavy atom. The van der Waals surface area contributed by atoms with Crippen molar-refractivity contribution in [2.24, 2.45) is 0 Å². The molecule has 110 valence electrons. The summed E-state index contributed by atoms with van der Waals surface area (Å²) in [6, 6.07) is 7.08. The van der Waals surface area contributed by atoms with E-state index in [1.54, 1.807) is 12.3 Å². The molecule has 0 unspecified atom stereocenters. The zero-order valence-electron chi connectivity index (χ0n) is 11.5. The number of anilines is 1. The number of hydrogen-bond acceptors (Lipinski definition) is 6. The summed E-state index contributed by atoms with van der Waals surface area (Å²) in [5.74, 6) is 1.76. The van der Waals surface area contributed by atoms with Crippen LogP contribution in [0.1, 0.15) is 5.76 Å². The molecule has 0 aromatic carbocycles. The summed E-state index contributed by atoms with van der Waals surface area (Å²) in [7, 11) is 0. The number of nitro groups is 1. The molecule has 3 heterocycles. The Labute approximate surface area is 121 Å². The van der Waals surface area contributed by atoms with Crippen molar-refractivity contribution in [2.45, 2.75) is 6.54 Å². The second kappa shape index (κ2) is 5.92. The lowest BCUT2D eigenvalue weighted by Gasteiger charge is -2.34. The Kier molecular flexibility index (Phi) is 3.83. The molecular formula is C14H16N4O3. The zero-order valence-corrected chi connectivity index (χ0v) is 11.5. The van der Waals surface area contributed by atoms with Gasteiger partial charge in [0.05, 0.1) is 17.7 Å². The molecule has 7 nitrogen and oxygen atoms in total. The first-order chi connectivity index (χ1) is 10.2. The van der Waals surface area contributed by atoms with Gasteiger partial charge in [0.25, 0.3) is 5.69 Å². The minimum atomic E-state index is -0.432. The molecule has 2 aromatic heterocycles. The largest absolute Gasteiger partial charge is 0.468 e. The molecular weight excluding hydrogens is 272 g/mol. The Morgan fingerprint density at radius 1 is 1.24 bits per heavy atom. The minimum absolute atomic E-state index is 0.0233. The van der Waals surface area contributed by atoms with Gasteiger partial charge >= 0.3 is 0 Å². The van der Waals surface area contributed by atoms with E-state index >= 15 is 0 Å². The minimum Gasteiger partial charge on any atom is -0.468 e.